The number of nitrogens with zero attached hydrogens (tertiary/aromatic N) is 2. The average molecular weight is 401 g/mol. The molecule has 0 atom stereocenters. The Balaban J connectivity index is 1.98. The standard InChI is InChI=1S/C19H17BrN2O3/c1-19(2,3)15-9-12(20)8-11(16(15)23)10-21-22-17(24)13-6-4-5-7-14(13)18(22)25/h4-10,23H,1-3H3/b21-10-. The number of imide groups is 1. The number of aromatic hydroxyl groups is 1. The van der Waals surface area contributed by atoms with Gasteiger partial charge < -0.3 is 5.11 Å². The van der Waals surface area contributed by atoms with E-state index in [0.29, 0.717) is 16.7 Å². The third-order valence-corrected chi connectivity index (χ3v) is 4.45. The van der Waals surface area contributed by atoms with Crippen molar-refractivity contribution in [3.8, 4) is 5.75 Å². The zero-order valence-electron chi connectivity index (χ0n) is 14.1. The van der Waals surface area contributed by atoms with E-state index < -0.39 is 11.8 Å². The highest BCUT2D eigenvalue weighted by atomic mass is 79.9. The molecule has 0 aromatic heterocycles. The van der Waals surface area contributed by atoms with Crippen molar-refractivity contribution in [2.45, 2.75) is 26.2 Å². The second-order valence-electron chi connectivity index (χ2n) is 6.85. The second kappa shape index (κ2) is 6.11. The summed E-state index contributed by atoms with van der Waals surface area (Å²) in [6.45, 7) is 5.96. The molecule has 0 radical (unpaired) electrons. The van der Waals surface area contributed by atoms with E-state index in [9.17, 15) is 14.7 Å². The largest absolute Gasteiger partial charge is 0.507 e. The number of hydrogen-bond donors (Lipinski definition) is 1. The summed E-state index contributed by atoms with van der Waals surface area (Å²) in [4.78, 5) is 24.7. The van der Waals surface area contributed by atoms with E-state index in [1.807, 2.05) is 26.8 Å². The minimum absolute atomic E-state index is 0.0797. The summed E-state index contributed by atoms with van der Waals surface area (Å²) in [7, 11) is 0. The number of hydrogen-bond acceptors (Lipinski definition) is 4. The topological polar surface area (TPSA) is 70.0 Å². The van der Waals surface area contributed by atoms with Gasteiger partial charge in [0.25, 0.3) is 11.8 Å². The highest BCUT2D eigenvalue weighted by Crippen LogP contribution is 2.35. The summed E-state index contributed by atoms with van der Waals surface area (Å²) in [5.74, 6) is -0.860. The maximum Gasteiger partial charge on any atom is 0.282 e. The van der Waals surface area contributed by atoms with Gasteiger partial charge >= 0.3 is 0 Å². The van der Waals surface area contributed by atoms with Crippen molar-refractivity contribution in [2.24, 2.45) is 5.10 Å². The van der Waals surface area contributed by atoms with E-state index in [1.165, 1.54) is 6.21 Å². The highest BCUT2D eigenvalue weighted by Gasteiger charge is 2.35. The zero-order chi connectivity index (χ0) is 18.4. The first kappa shape index (κ1) is 17.4. The van der Waals surface area contributed by atoms with Crippen LogP contribution >= 0.6 is 15.9 Å². The molecule has 0 saturated heterocycles. The fourth-order valence-corrected chi connectivity index (χ4v) is 3.17. The molecule has 0 spiro atoms. The molecule has 2 aromatic rings. The molecule has 0 unspecified atom stereocenters. The molecule has 25 heavy (non-hydrogen) atoms. The van der Waals surface area contributed by atoms with E-state index in [4.69, 9.17) is 0 Å². The van der Waals surface area contributed by atoms with Gasteiger partial charge in [0, 0.05) is 15.6 Å². The Labute approximate surface area is 154 Å². The van der Waals surface area contributed by atoms with Crippen LogP contribution in [-0.2, 0) is 5.41 Å². The summed E-state index contributed by atoms with van der Waals surface area (Å²) in [5.41, 5.74) is 1.56. The summed E-state index contributed by atoms with van der Waals surface area (Å²) in [6.07, 6.45) is 1.33. The Morgan fingerprint density at radius 3 is 2.16 bits per heavy atom. The number of benzene rings is 2. The molecule has 1 heterocycles. The lowest BCUT2D eigenvalue weighted by molar-refractivity contribution is 0.0660. The molecule has 6 heteroatoms. The first-order valence-corrected chi connectivity index (χ1v) is 8.54. The number of rotatable bonds is 2. The van der Waals surface area contributed by atoms with Gasteiger partial charge in [-0.2, -0.15) is 10.1 Å². The van der Waals surface area contributed by atoms with Crippen LogP contribution in [-0.4, -0.2) is 28.1 Å². The van der Waals surface area contributed by atoms with Crippen LogP contribution in [0.15, 0.2) is 46.0 Å². The van der Waals surface area contributed by atoms with Gasteiger partial charge in [-0.3, -0.25) is 9.59 Å². The Hall–Kier alpha value is -2.47. The van der Waals surface area contributed by atoms with Crippen LogP contribution in [0.3, 0.4) is 0 Å². The quantitative estimate of drug-likeness (QED) is 0.609. The van der Waals surface area contributed by atoms with Gasteiger partial charge in [0.15, 0.2) is 0 Å². The summed E-state index contributed by atoms with van der Waals surface area (Å²) < 4.78 is 0.777. The lowest BCUT2D eigenvalue weighted by Crippen LogP contribution is -2.24. The van der Waals surface area contributed by atoms with Crippen LogP contribution in [0.2, 0.25) is 0 Å². The number of phenols is 1. The SMILES string of the molecule is CC(C)(C)c1cc(Br)cc(/C=N\N2C(=O)c3ccccc3C2=O)c1O. The van der Waals surface area contributed by atoms with Crippen LogP contribution in [0.25, 0.3) is 0 Å². The van der Waals surface area contributed by atoms with Crippen molar-refractivity contribution in [1.29, 1.82) is 0 Å². The van der Waals surface area contributed by atoms with Gasteiger partial charge in [-0.1, -0.05) is 48.8 Å². The fourth-order valence-electron chi connectivity index (χ4n) is 2.69. The first-order valence-electron chi connectivity index (χ1n) is 7.75. The van der Waals surface area contributed by atoms with Crippen LogP contribution in [0.1, 0.15) is 52.6 Å². The summed E-state index contributed by atoms with van der Waals surface area (Å²) in [6, 6.07) is 10.1. The molecule has 0 aliphatic carbocycles. The zero-order valence-corrected chi connectivity index (χ0v) is 15.7. The van der Waals surface area contributed by atoms with Gasteiger partial charge in [-0.15, -0.1) is 0 Å². The third-order valence-electron chi connectivity index (χ3n) is 4.00. The van der Waals surface area contributed by atoms with Crippen molar-refractivity contribution in [2.75, 3.05) is 0 Å². The molecule has 2 amide bonds. The molecule has 1 N–H and O–H groups in total. The molecule has 0 bridgehead atoms. The van der Waals surface area contributed by atoms with E-state index in [1.54, 1.807) is 30.3 Å². The molecular formula is C19H17BrN2O3. The highest BCUT2D eigenvalue weighted by molar-refractivity contribution is 9.10. The Morgan fingerprint density at radius 2 is 1.64 bits per heavy atom. The van der Waals surface area contributed by atoms with Crippen LogP contribution in [0.5, 0.6) is 5.75 Å². The molecule has 5 nitrogen and oxygen atoms in total. The maximum atomic E-state index is 12.3. The number of amides is 2. The van der Waals surface area contributed by atoms with Gasteiger partial charge in [-0.25, -0.2) is 0 Å². The number of hydrazone groups is 1. The van der Waals surface area contributed by atoms with E-state index >= 15 is 0 Å². The molecule has 128 valence electrons. The number of carbonyl (C=O) groups is 2. The minimum atomic E-state index is -0.470. The smallest absolute Gasteiger partial charge is 0.282 e. The van der Waals surface area contributed by atoms with Crippen molar-refractivity contribution in [3.63, 3.8) is 0 Å². The molecule has 2 aromatic carbocycles. The molecule has 1 aliphatic rings. The molecular weight excluding hydrogens is 384 g/mol. The Bertz CT molecular complexity index is 878. The van der Waals surface area contributed by atoms with Crippen LogP contribution in [0.4, 0.5) is 0 Å². The molecule has 0 saturated carbocycles. The van der Waals surface area contributed by atoms with Crippen molar-refractivity contribution >= 4 is 34.0 Å². The molecule has 1 aliphatic heterocycles. The summed E-state index contributed by atoms with van der Waals surface area (Å²) >= 11 is 3.42. The van der Waals surface area contributed by atoms with E-state index in [0.717, 1.165) is 15.0 Å². The first-order chi connectivity index (χ1) is 11.7. The van der Waals surface area contributed by atoms with Gasteiger partial charge in [-0.05, 0) is 29.7 Å². The maximum absolute atomic E-state index is 12.3. The van der Waals surface area contributed by atoms with Gasteiger partial charge in [0.2, 0.25) is 0 Å². The normalized spacial score (nSPS) is 14.5. The monoisotopic (exact) mass is 400 g/mol. The van der Waals surface area contributed by atoms with Crippen molar-refractivity contribution in [3.05, 3.63) is 63.1 Å². The lowest BCUT2D eigenvalue weighted by atomic mass is 9.85. The van der Waals surface area contributed by atoms with Crippen LogP contribution in [0, 0.1) is 0 Å². The van der Waals surface area contributed by atoms with Crippen LogP contribution < -0.4 is 0 Å². The van der Waals surface area contributed by atoms with Crippen molar-refractivity contribution in [1.82, 2.24) is 5.01 Å². The van der Waals surface area contributed by atoms with E-state index in [2.05, 4.69) is 21.0 Å². The van der Waals surface area contributed by atoms with E-state index in [-0.39, 0.29) is 11.2 Å². The predicted octanol–water partition coefficient (Wildman–Crippen LogP) is 4.08. The number of halogens is 1. The number of carbonyl (C=O) groups excluding carboxylic acids is 2. The third kappa shape index (κ3) is 3.09. The van der Waals surface area contributed by atoms with Crippen molar-refractivity contribution < 1.29 is 14.7 Å². The molecule has 3 rings (SSSR count). The van der Waals surface area contributed by atoms with Gasteiger partial charge in [0.1, 0.15) is 5.75 Å². The fraction of sp³-hybridized carbons (Fsp3) is 0.211. The minimum Gasteiger partial charge on any atom is -0.507 e. The lowest BCUT2D eigenvalue weighted by Gasteiger charge is -2.21. The Kier molecular flexibility index (Phi) is 4.24. The Morgan fingerprint density at radius 1 is 1.08 bits per heavy atom. The second-order valence-corrected chi connectivity index (χ2v) is 7.77. The number of fused-ring (bicyclic) bond motifs is 1. The number of phenolic OH excluding ortho intramolecular Hbond substituents is 1. The van der Waals surface area contributed by atoms with Gasteiger partial charge in [0.05, 0.1) is 17.3 Å². The molecule has 0 fully saturated rings. The average Bonchev–Trinajstić information content (AvgIpc) is 2.79. The summed E-state index contributed by atoms with van der Waals surface area (Å²) in [5, 5.41) is 15.4. The predicted molar refractivity (Wildman–Crippen MR) is 99.0 cm³/mol.